The molecular formula is C16H21FN2O. The van der Waals surface area contributed by atoms with Crippen LogP contribution < -0.4 is 5.73 Å². The van der Waals surface area contributed by atoms with Gasteiger partial charge < -0.3 is 10.6 Å². The fourth-order valence-electron chi connectivity index (χ4n) is 2.49. The first-order valence-corrected chi connectivity index (χ1v) is 7.03. The van der Waals surface area contributed by atoms with E-state index in [0.29, 0.717) is 18.0 Å². The van der Waals surface area contributed by atoms with Crippen molar-refractivity contribution in [2.75, 3.05) is 19.6 Å². The lowest BCUT2D eigenvalue weighted by Gasteiger charge is -2.31. The highest BCUT2D eigenvalue weighted by molar-refractivity contribution is 5.97. The molecule has 0 bridgehead atoms. The molecule has 2 rings (SSSR count). The van der Waals surface area contributed by atoms with Gasteiger partial charge in [-0.25, -0.2) is 4.39 Å². The van der Waals surface area contributed by atoms with Crippen LogP contribution in [0, 0.1) is 11.7 Å². The molecule has 4 heteroatoms. The third-order valence-corrected chi connectivity index (χ3v) is 3.83. The van der Waals surface area contributed by atoms with Gasteiger partial charge in [-0.05, 0) is 56.0 Å². The van der Waals surface area contributed by atoms with Crippen molar-refractivity contribution in [1.29, 1.82) is 0 Å². The predicted molar refractivity (Wildman–Crippen MR) is 78.4 cm³/mol. The molecule has 1 aliphatic heterocycles. The van der Waals surface area contributed by atoms with Crippen LogP contribution in [0.15, 0.2) is 29.8 Å². The lowest BCUT2D eigenvalue weighted by Crippen LogP contribution is -2.40. The minimum Gasteiger partial charge on any atom is -0.339 e. The zero-order valence-corrected chi connectivity index (χ0v) is 11.8. The number of piperidine rings is 1. The Balaban J connectivity index is 2.00. The van der Waals surface area contributed by atoms with Crippen LogP contribution in [0.3, 0.4) is 0 Å². The molecule has 20 heavy (non-hydrogen) atoms. The monoisotopic (exact) mass is 276 g/mol. The summed E-state index contributed by atoms with van der Waals surface area (Å²) >= 11 is 0. The molecule has 1 fully saturated rings. The molecule has 3 nitrogen and oxygen atoms in total. The lowest BCUT2D eigenvalue weighted by molar-refractivity contribution is -0.128. The number of carbonyl (C=O) groups excluding carboxylic acids is 1. The Bertz CT molecular complexity index is 488. The minimum atomic E-state index is -0.269. The van der Waals surface area contributed by atoms with Crippen molar-refractivity contribution in [2.24, 2.45) is 11.7 Å². The van der Waals surface area contributed by atoms with Crippen molar-refractivity contribution in [2.45, 2.75) is 19.8 Å². The fourth-order valence-corrected chi connectivity index (χ4v) is 2.49. The Morgan fingerprint density at radius 3 is 2.50 bits per heavy atom. The second-order valence-corrected chi connectivity index (χ2v) is 5.35. The number of hydrogen-bond donors (Lipinski definition) is 1. The molecule has 0 atom stereocenters. The largest absolute Gasteiger partial charge is 0.339 e. The van der Waals surface area contributed by atoms with E-state index in [1.54, 1.807) is 25.1 Å². The average Bonchev–Trinajstić information content (AvgIpc) is 2.49. The van der Waals surface area contributed by atoms with Crippen molar-refractivity contribution in [3.63, 3.8) is 0 Å². The first-order valence-electron chi connectivity index (χ1n) is 7.03. The van der Waals surface area contributed by atoms with E-state index in [0.717, 1.165) is 31.5 Å². The number of benzene rings is 1. The van der Waals surface area contributed by atoms with E-state index in [4.69, 9.17) is 5.73 Å². The average molecular weight is 276 g/mol. The number of hydrogen-bond acceptors (Lipinski definition) is 2. The zero-order valence-electron chi connectivity index (χ0n) is 11.8. The number of likely N-dealkylation sites (tertiary alicyclic amines) is 1. The third-order valence-electron chi connectivity index (χ3n) is 3.83. The SMILES string of the molecule is CC(=Cc1ccc(F)cc1)C(=O)N1CCC(CN)CC1. The number of rotatable bonds is 3. The van der Waals surface area contributed by atoms with E-state index in [1.807, 2.05) is 4.90 Å². The van der Waals surface area contributed by atoms with E-state index in [-0.39, 0.29) is 11.7 Å². The van der Waals surface area contributed by atoms with Gasteiger partial charge in [0, 0.05) is 18.7 Å². The zero-order chi connectivity index (χ0) is 14.5. The highest BCUT2D eigenvalue weighted by Crippen LogP contribution is 2.18. The van der Waals surface area contributed by atoms with Crippen LogP contribution in [0.4, 0.5) is 4.39 Å². The van der Waals surface area contributed by atoms with Gasteiger partial charge in [0.05, 0.1) is 0 Å². The first kappa shape index (κ1) is 14.7. The summed E-state index contributed by atoms with van der Waals surface area (Å²) in [5, 5.41) is 0. The van der Waals surface area contributed by atoms with Gasteiger partial charge in [-0.15, -0.1) is 0 Å². The van der Waals surface area contributed by atoms with Crippen LogP contribution in [0.25, 0.3) is 6.08 Å². The highest BCUT2D eigenvalue weighted by Gasteiger charge is 2.22. The van der Waals surface area contributed by atoms with E-state index >= 15 is 0 Å². The molecule has 0 radical (unpaired) electrons. The summed E-state index contributed by atoms with van der Waals surface area (Å²) in [7, 11) is 0. The van der Waals surface area contributed by atoms with Crippen molar-refractivity contribution in [1.82, 2.24) is 4.90 Å². The van der Waals surface area contributed by atoms with Gasteiger partial charge >= 0.3 is 0 Å². The molecule has 1 aliphatic rings. The normalized spacial score (nSPS) is 17.4. The Morgan fingerprint density at radius 2 is 1.95 bits per heavy atom. The third kappa shape index (κ3) is 3.67. The standard InChI is InChI=1S/C16H21FN2O/c1-12(10-13-2-4-15(17)5-3-13)16(20)19-8-6-14(11-18)7-9-19/h2-5,10,14H,6-9,11,18H2,1H3. The Kier molecular flexibility index (Phi) is 4.90. The number of amides is 1. The van der Waals surface area contributed by atoms with Crippen LogP contribution in [0.2, 0.25) is 0 Å². The van der Waals surface area contributed by atoms with Crippen LogP contribution in [-0.2, 0) is 4.79 Å². The van der Waals surface area contributed by atoms with Gasteiger partial charge in [0.15, 0.2) is 0 Å². The molecular weight excluding hydrogens is 255 g/mol. The van der Waals surface area contributed by atoms with Crippen LogP contribution in [-0.4, -0.2) is 30.4 Å². The Hall–Kier alpha value is -1.68. The highest BCUT2D eigenvalue weighted by atomic mass is 19.1. The molecule has 1 heterocycles. The second-order valence-electron chi connectivity index (χ2n) is 5.35. The first-order chi connectivity index (χ1) is 9.60. The fraction of sp³-hybridized carbons (Fsp3) is 0.438. The summed E-state index contributed by atoms with van der Waals surface area (Å²) in [6.07, 6.45) is 3.76. The predicted octanol–water partition coefficient (Wildman–Crippen LogP) is 2.43. The minimum absolute atomic E-state index is 0.0600. The summed E-state index contributed by atoms with van der Waals surface area (Å²) < 4.78 is 12.8. The number of nitrogens with zero attached hydrogens (tertiary/aromatic N) is 1. The van der Waals surface area contributed by atoms with Crippen LogP contribution in [0.1, 0.15) is 25.3 Å². The van der Waals surface area contributed by atoms with E-state index in [9.17, 15) is 9.18 Å². The molecule has 1 amide bonds. The van der Waals surface area contributed by atoms with E-state index < -0.39 is 0 Å². The van der Waals surface area contributed by atoms with Gasteiger partial charge in [-0.3, -0.25) is 4.79 Å². The number of nitrogens with two attached hydrogens (primary N) is 1. The Labute approximate surface area is 119 Å². The van der Waals surface area contributed by atoms with Crippen molar-refractivity contribution < 1.29 is 9.18 Å². The molecule has 0 aromatic heterocycles. The molecule has 2 N–H and O–H groups in total. The summed E-state index contributed by atoms with van der Waals surface area (Å²) in [6.45, 7) is 4.05. The second kappa shape index (κ2) is 6.66. The number of carbonyl (C=O) groups is 1. The van der Waals surface area contributed by atoms with Crippen molar-refractivity contribution >= 4 is 12.0 Å². The maximum absolute atomic E-state index is 12.8. The van der Waals surface area contributed by atoms with Crippen molar-refractivity contribution in [3.05, 3.63) is 41.2 Å². The molecule has 1 saturated heterocycles. The van der Waals surface area contributed by atoms with Crippen molar-refractivity contribution in [3.8, 4) is 0 Å². The smallest absolute Gasteiger partial charge is 0.249 e. The van der Waals surface area contributed by atoms with E-state index in [2.05, 4.69) is 0 Å². The summed E-state index contributed by atoms with van der Waals surface area (Å²) in [5.74, 6) is 0.334. The summed E-state index contributed by atoms with van der Waals surface area (Å²) in [6, 6.07) is 6.15. The quantitative estimate of drug-likeness (QED) is 0.862. The van der Waals surface area contributed by atoms with E-state index in [1.165, 1.54) is 12.1 Å². The molecule has 0 aliphatic carbocycles. The van der Waals surface area contributed by atoms with Gasteiger partial charge in [0.1, 0.15) is 5.82 Å². The topological polar surface area (TPSA) is 46.3 Å². The van der Waals surface area contributed by atoms with Crippen LogP contribution in [0.5, 0.6) is 0 Å². The number of halogens is 1. The van der Waals surface area contributed by atoms with Gasteiger partial charge in [-0.2, -0.15) is 0 Å². The lowest BCUT2D eigenvalue weighted by atomic mass is 9.96. The summed E-state index contributed by atoms with van der Waals surface area (Å²) in [4.78, 5) is 14.2. The molecule has 0 spiro atoms. The summed E-state index contributed by atoms with van der Waals surface area (Å²) in [5.41, 5.74) is 7.18. The van der Waals surface area contributed by atoms with Gasteiger partial charge in [0.2, 0.25) is 5.91 Å². The maximum atomic E-state index is 12.8. The molecule has 108 valence electrons. The molecule has 1 aromatic carbocycles. The Morgan fingerprint density at radius 1 is 1.35 bits per heavy atom. The molecule has 1 aromatic rings. The van der Waals surface area contributed by atoms with Gasteiger partial charge in [-0.1, -0.05) is 12.1 Å². The van der Waals surface area contributed by atoms with Crippen LogP contribution >= 0.6 is 0 Å². The molecule has 0 unspecified atom stereocenters. The van der Waals surface area contributed by atoms with Gasteiger partial charge in [0.25, 0.3) is 0 Å². The molecule has 0 saturated carbocycles. The maximum Gasteiger partial charge on any atom is 0.249 e.